The Balaban J connectivity index is 1.98. The van der Waals surface area contributed by atoms with Gasteiger partial charge in [0.15, 0.2) is 0 Å². The summed E-state index contributed by atoms with van der Waals surface area (Å²) >= 11 is 0. The van der Waals surface area contributed by atoms with Crippen LogP contribution < -0.4 is 0 Å². The number of H-pyrrole nitrogens is 1. The van der Waals surface area contributed by atoms with E-state index in [0.717, 1.165) is 5.56 Å². The highest BCUT2D eigenvalue weighted by molar-refractivity contribution is 5.90. The molecule has 2 aromatic carbocycles. The number of aromatic amines is 1. The molecule has 1 aromatic heterocycles. The molecule has 0 radical (unpaired) electrons. The second-order valence-corrected chi connectivity index (χ2v) is 4.88. The molecule has 0 bridgehead atoms. The van der Waals surface area contributed by atoms with E-state index in [4.69, 9.17) is 0 Å². The zero-order chi connectivity index (χ0) is 16.6. The SMILES string of the molecule is COC(=O)c1ccc(-c2ccc3nc(C(F)(F)F)[nH]c3c2)cc1. The van der Waals surface area contributed by atoms with Crippen LogP contribution in [0.5, 0.6) is 0 Å². The average Bonchev–Trinajstić information content (AvgIpc) is 2.97. The summed E-state index contributed by atoms with van der Waals surface area (Å²) in [5.41, 5.74) is 2.42. The van der Waals surface area contributed by atoms with Gasteiger partial charge < -0.3 is 9.72 Å². The number of nitrogens with one attached hydrogen (secondary N) is 1. The van der Waals surface area contributed by atoms with Crippen molar-refractivity contribution < 1.29 is 22.7 Å². The molecule has 3 rings (SSSR count). The lowest BCUT2D eigenvalue weighted by molar-refractivity contribution is -0.144. The van der Waals surface area contributed by atoms with Crippen LogP contribution in [0.1, 0.15) is 16.2 Å². The van der Waals surface area contributed by atoms with Crippen molar-refractivity contribution in [3.63, 3.8) is 0 Å². The van der Waals surface area contributed by atoms with Crippen molar-refractivity contribution in [2.24, 2.45) is 0 Å². The molecular formula is C16H11F3N2O2. The third-order valence-corrected chi connectivity index (χ3v) is 3.39. The molecule has 0 spiro atoms. The molecule has 0 aliphatic rings. The van der Waals surface area contributed by atoms with Gasteiger partial charge in [0.2, 0.25) is 5.82 Å². The van der Waals surface area contributed by atoms with Crippen molar-refractivity contribution >= 4 is 17.0 Å². The van der Waals surface area contributed by atoms with Gasteiger partial charge in [-0.25, -0.2) is 9.78 Å². The quantitative estimate of drug-likeness (QED) is 0.725. The fourth-order valence-corrected chi connectivity index (χ4v) is 2.24. The highest BCUT2D eigenvalue weighted by atomic mass is 19.4. The summed E-state index contributed by atoms with van der Waals surface area (Å²) in [6.07, 6.45) is -4.51. The number of ether oxygens (including phenoxy) is 1. The Morgan fingerprint density at radius 2 is 1.74 bits per heavy atom. The maximum Gasteiger partial charge on any atom is 0.449 e. The van der Waals surface area contributed by atoms with Crippen LogP contribution in [0.4, 0.5) is 13.2 Å². The summed E-state index contributed by atoms with van der Waals surface area (Å²) < 4.78 is 42.6. The van der Waals surface area contributed by atoms with Crippen LogP contribution in [0, 0.1) is 0 Å². The second kappa shape index (κ2) is 5.42. The number of aromatic nitrogens is 2. The number of fused-ring (bicyclic) bond motifs is 1. The zero-order valence-corrected chi connectivity index (χ0v) is 11.9. The number of carbonyl (C=O) groups is 1. The predicted molar refractivity (Wildman–Crippen MR) is 77.9 cm³/mol. The highest BCUT2D eigenvalue weighted by Crippen LogP contribution is 2.30. The summed E-state index contributed by atoms with van der Waals surface area (Å²) in [7, 11) is 1.29. The van der Waals surface area contributed by atoms with Crippen molar-refractivity contribution in [1.82, 2.24) is 9.97 Å². The van der Waals surface area contributed by atoms with Crippen molar-refractivity contribution in [2.75, 3.05) is 7.11 Å². The van der Waals surface area contributed by atoms with Crippen molar-refractivity contribution in [3.8, 4) is 11.1 Å². The lowest BCUT2D eigenvalue weighted by atomic mass is 10.0. The van der Waals surface area contributed by atoms with Gasteiger partial charge in [-0.3, -0.25) is 0 Å². The summed E-state index contributed by atoms with van der Waals surface area (Å²) in [4.78, 5) is 17.2. The normalized spacial score (nSPS) is 11.7. The molecule has 0 saturated heterocycles. The van der Waals surface area contributed by atoms with E-state index in [-0.39, 0.29) is 5.52 Å². The largest absolute Gasteiger partial charge is 0.465 e. The number of hydrogen-bond donors (Lipinski definition) is 1. The minimum Gasteiger partial charge on any atom is -0.465 e. The number of alkyl halides is 3. The fraction of sp³-hybridized carbons (Fsp3) is 0.125. The van der Waals surface area contributed by atoms with E-state index < -0.39 is 18.0 Å². The highest BCUT2D eigenvalue weighted by Gasteiger charge is 2.34. The lowest BCUT2D eigenvalue weighted by Gasteiger charge is -2.03. The molecule has 0 unspecified atom stereocenters. The molecule has 1 N–H and O–H groups in total. The number of rotatable bonds is 2. The third-order valence-electron chi connectivity index (χ3n) is 3.39. The smallest absolute Gasteiger partial charge is 0.449 e. The average molecular weight is 320 g/mol. The van der Waals surface area contributed by atoms with Crippen LogP contribution in [0.3, 0.4) is 0 Å². The zero-order valence-electron chi connectivity index (χ0n) is 11.9. The molecule has 0 fully saturated rings. The molecule has 0 amide bonds. The fourth-order valence-electron chi connectivity index (χ4n) is 2.24. The van der Waals surface area contributed by atoms with Gasteiger partial charge in [0, 0.05) is 0 Å². The Hall–Kier alpha value is -2.83. The maximum atomic E-state index is 12.7. The van der Waals surface area contributed by atoms with E-state index in [9.17, 15) is 18.0 Å². The molecule has 7 heteroatoms. The van der Waals surface area contributed by atoms with Crippen molar-refractivity contribution in [2.45, 2.75) is 6.18 Å². The first-order chi connectivity index (χ1) is 10.9. The Morgan fingerprint density at radius 3 is 2.35 bits per heavy atom. The molecule has 3 aromatic rings. The molecule has 23 heavy (non-hydrogen) atoms. The number of benzene rings is 2. The summed E-state index contributed by atoms with van der Waals surface area (Å²) in [5.74, 6) is -1.47. The van der Waals surface area contributed by atoms with Crippen LogP contribution in [0.15, 0.2) is 42.5 Å². The molecule has 0 aliphatic heterocycles. The first-order valence-electron chi connectivity index (χ1n) is 6.64. The number of imidazole rings is 1. The summed E-state index contributed by atoms with van der Waals surface area (Å²) in [5, 5.41) is 0. The van der Waals surface area contributed by atoms with Gasteiger partial charge in [0.1, 0.15) is 0 Å². The Morgan fingerprint density at radius 1 is 1.09 bits per heavy atom. The second-order valence-electron chi connectivity index (χ2n) is 4.88. The molecule has 0 aliphatic carbocycles. The minimum absolute atomic E-state index is 0.243. The molecule has 4 nitrogen and oxygen atoms in total. The van der Waals surface area contributed by atoms with Gasteiger partial charge >= 0.3 is 12.1 Å². The van der Waals surface area contributed by atoms with Crippen LogP contribution in [0.25, 0.3) is 22.2 Å². The lowest BCUT2D eigenvalue weighted by Crippen LogP contribution is -2.06. The Labute approximate surface area is 128 Å². The van der Waals surface area contributed by atoms with E-state index in [1.54, 1.807) is 36.4 Å². The Bertz CT molecular complexity index is 867. The first-order valence-corrected chi connectivity index (χ1v) is 6.64. The van der Waals surface area contributed by atoms with Crippen LogP contribution in [-0.2, 0) is 10.9 Å². The maximum absolute atomic E-state index is 12.7. The third kappa shape index (κ3) is 2.90. The molecular weight excluding hydrogens is 309 g/mol. The van der Waals surface area contributed by atoms with E-state index in [1.807, 2.05) is 0 Å². The summed E-state index contributed by atoms with van der Waals surface area (Å²) in [6, 6.07) is 11.4. The van der Waals surface area contributed by atoms with E-state index in [2.05, 4.69) is 14.7 Å². The predicted octanol–water partition coefficient (Wildman–Crippen LogP) is 4.04. The number of esters is 1. The van der Waals surface area contributed by atoms with Crippen LogP contribution in [-0.4, -0.2) is 23.0 Å². The molecule has 0 atom stereocenters. The van der Waals surface area contributed by atoms with Gasteiger partial charge in [-0.2, -0.15) is 13.2 Å². The van der Waals surface area contributed by atoms with E-state index >= 15 is 0 Å². The van der Waals surface area contributed by atoms with Crippen molar-refractivity contribution in [1.29, 1.82) is 0 Å². The van der Waals surface area contributed by atoms with Gasteiger partial charge in [-0.15, -0.1) is 0 Å². The number of nitrogens with zero attached hydrogens (tertiary/aromatic N) is 1. The van der Waals surface area contributed by atoms with Crippen LogP contribution in [0.2, 0.25) is 0 Å². The van der Waals surface area contributed by atoms with Gasteiger partial charge in [-0.1, -0.05) is 18.2 Å². The topological polar surface area (TPSA) is 55.0 Å². The molecule has 118 valence electrons. The van der Waals surface area contributed by atoms with E-state index in [0.29, 0.717) is 16.6 Å². The number of hydrogen-bond acceptors (Lipinski definition) is 3. The van der Waals surface area contributed by atoms with Crippen LogP contribution >= 0.6 is 0 Å². The van der Waals surface area contributed by atoms with Gasteiger partial charge in [0.05, 0.1) is 23.7 Å². The monoisotopic (exact) mass is 320 g/mol. The number of halogens is 3. The number of carbonyl (C=O) groups excluding carboxylic acids is 1. The standard InChI is InChI=1S/C16H11F3N2O2/c1-23-14(22)10-4-2-9(3-5-10)11-6-7-12-13(8-11)21-15(20-12)16(17,18)19/h2-8H,1H3,(H,20,21). The first kappa shape index (κ1) is 15.1. The summed E-state index contributed by atoms with van der Waals surface area (Å²) in [6.45, 7) is 0. The molecule has 0 saturated carbocycles. The van der Waals surface area contributed by atoms with E-state index in [1.165, 1.54) is 13.2 Å². The van der Waals surface area contributed by atoms with Gasteiger partial charge in [0.25, 0.3) is 0 Å². The molecule has 1 heterocycles. The van der Waals surface area contributed by atoms with Crippen molar-refractivity contribution in [3.05, 3.63) is 53.9 Å². The number of methoxy groups -OCH3 is 1. The van der Waals surface area contributed by atoms with Gasteiger partial charge in [-0.05, 0) is 35.4 Å². The Kier molecular flexibility index (Phi) is 3.55. The minimum atomic E-state index is -4.51.